The van der Waals surface area contributed by atoms with Gasteiger partial charge in [-0.15, -0.1) is 0 Å². The number of hydrogen-bond donors (Lipinski definition) is 1. The highest BCUT2D eigenvalue weighted by atomic mass is 32.2. The highest BCUT2D eigenvalue weighted by molar-refractivity contribution is 7.92. The van der Waals surface area contributed by atoms with E-state index >= 15 is 0 Å². The molecule has 0 saturated carbocycles. The predicted octanol–water partition coefficient (Wildman–Crippen LogP) is 2.56. The number of sulfonamides is 1. The van der Waals surface area contributed by atoms with Gasteiger partial charge in [-0.1, -0.05) is 25.1 Å². The van der Waals surface area contributed by atoms with E-state index < -0.39 is 10.0 Å². The topological polar surface area (TPSA) is 91.3 Å². The summed E-state index contributed by atoms with van der Waals surface area (Å²) in [6.45, 7) is 5.21. The summed E-state index contributed by atoms with van der Waals surface area (Å²) in [5.41, 5.74) is 1.43. The minimum atomic E-state index is -3.67. The maximum Gasteiger partial charge on any atom is 0.261 e. The standard InChI is InChI=1S/C21H24N6O2S/c1-2-17-6-8-19(9-7-17)30(28,29)25-18-15-23-21(24-16-18)27-13-11-26(12-14-27)20-5-3-4-10-22-20/h3-10,15-16,25H,2,11-14H2,1H3. The number of benzene rings is 1. The lowest BCUT2D eigenvalue weighted by molar-refractivity contribution is 0.601. The van der Waals surface area contributed by atoms with Crippen molar-refractivity contribution in [2.24, 2.45) is 0 Å². The number of rotatable bonds is 6. The molecule has 4 rings (SSSR count). The van der Waals surface area contributed by atoms with Crippen LogP contribution >= 0.6 is 0 Å². The minimum Gasteiger partial charge on any atom is -0.353 e. The van der Waals surface area contributed by atoms with E-state index in [-0.39, 0.29) is 4.90 Å². The molecular formula is C21H24N6O2S. The first-order chi connectivity index (χ1) is 14.5. The summed E-state index contributed by atoms with van der Waals surface area (Å²) in [6.07, 6.45) is 5.67. The Morgan fingerprint density at radius 2 is 1.57 bits per heavy atom. The predicted molar refractivity (Wildman–Crippen MR) is 117 cm³/mol. The number of pyridine rings is 1. The van der Waals surface area contributed by atoms with E-state index in [4.69, 9.17) is 0 Å². The Morgan fingerprint density at radius 3 is 2.17 bits per heavy atom. The average molecular weight is 425 g/mol. The van der Waals surface area contributed by atoms with Gasteiger partial charge in [0.2, 0.25) is 5.95 Å². The van der Waals surface area contributed by atoms with E-state index in [1.165, 1.54) is 12.4 Å². The summed E-state index contributed by atoms with van der Waals surface area (Å²) in [5.74, 6) is 1.56. The summed E-state index contributed by atoms with van der Waals surface area (Å²) < 4.78 is 27.7. The largest absolute Gasteiger partial charge is 0.353 e. The summed E-state index contributed by atoms with van der Waals surface area (Å²) in [4.78, 5) is 17.6. The van der Waals surface area contributed by atoms with Crippen molar-refractivity contribution in [1.82, 2.24) is 15.0 Å². The molecule has 1 aromatic carbocycles. The zero-order chi connectivity index (χ0) is 21.0. The average Bonchev–Trinajstić information content (AvgIpc) is 2.80. The molecule has 2 aromatic heterocycles. The van der Waals surface area contributed by atoms with Crippen LogP contribution < -0.4 is 14.5 Å². The second-order valence-corrected chi connectivity index (χ2v) is 8.72. The molecular weight excluding hydrogens is 400 g/mol. The molecule has 0 spiro atoms. The SMILES string of the molecule is CCc1ccc(S(=O)(=O)Nc2cnc(N3CCN(c4ccccn4)CC3)nc2)cc1. The van der Waals surface area contributed by atoms with E-state index in [1.54, 1.807) is 18.3 Å². The lowest BCUT2D eigenvalue weighted by atomic mass is 10.2. The van der Waals surface area contributed by atoms with Crippen molar-refractivity contribution in [3.05, 3.63) is 66.6 Å². The van der Waals surface area contributed by atoms with E-state index in [9.17, 15) is 8.42 Å². The van der Waals surface area contributed by atoms with Gasteiger partial charge in [0.25, 0.3) is 10.0 Å². The van der Waals surface area contributed by atoms with Gasteiger partial charge in [0.15, 0.2) is 0 Å². The van der Waals surface area contributed by atoms with Gasteiger partial charge in [0.1, 0.15) is 5.82 Å². The molecule has 0 radical (unpaired) electrons. The molecule has 1 saturated heterocycles. The molecule has 1 aliphatic rings. The van der Waals surface area contributed by atoms with Gasteiger partial charge in [-0.3, -0.25) is 4.72 Å². The van der Waals surface area contributed by atoms with Crippen molar-refractivity contribution in [2.75, 3.05) is 40.7 Å². The second kappa shape index (κ2) is 8.66. The van der Waals surface area contributed by atoms with Crippen molar-refractivity contribution < 1.29 is 8.42 Å². The van der Waals surface area contributed by atoms with Crippen LogP contribution in [-0.4, -0.2) is 49.5 Å². The third kappa shape index (κ3) is 4.51. The van der Waals surface area contributed by atoms with Crippen molar-refractivity contribution in [3.63, 3.8) is 0 Å². The number of anilines is 3. The van der Waals surface area contributed by atoms with Crippen LogP contribution in [0.15, 0.2) is 66.0 Å². The van der Waals surface area contributed by atoms with Crippen LogP contribution in [0.3, 0.4) is 0 Å². The Balaban J connectivity index is 1.38. The van der Waals surface area contributed by atoms with Crippen molar-refractivity contribution in [2.45, 2.75) is 18.2 Å². The maximum absolute atomic E-state index is 12.6. The van der Waals surface area contributed by atoms with Gasteiger partial charge in [0.05, 0.1) is 23.0 Å². The normalized spacial score (nSPS) is 14.6. The fourth-order valence-electron chi connectivity index (χ4n) is 3.33. The Bertz CT molecular complexity index is 1060. The summed E-state index contributed by atoms with van der Waals surface area (Å²) in [5, 5.41) is 0. The monoisotopic (exact) mass is 424 g/mol. The fourth-order valence-corrected chi connectivity index (χ4v) is 4.36. The van der Waals surface area contributed by atoms with Gasteiger partial charge in [-0.05, 0) is 36.2 Å². The molecule has 0 aliphatic carbocycles. The molecule has 0 amide bonds. The number of nitrogens with zero attached hydrogens (tertiary/aromatic N) is 5. The Kier molecular flexibility index (Phi) is 5.80. The molecule has 1 N–H and O–H groups in total. The lowest BCUT2D eigenvalue weighted by Crippen LogP contribution is -2.47. The van der Waals surface area contributed by atoms with Crippen molar-refractivity contribution in [1.29, 1.82) is 0 Å². The zero-order valence-corrected chi connectivity index (χ0v) is 17.6. The molecule has 3 heterocycles. The smallest absolute Gasteiger partial charge is 0.261 e. The third-order valence-corrected chi connectivity index (χ3v) is 6.47. The van der Waals surface area contributed by atoms with Gasteiger partial charge in [-0.2, -0.15) is 0 Å². The van der Waals surface area contributed by atoms with Gasteiger partial charge in [-0.25, -0.2) is 23.4 Å². The Labute approximate surface area is 176 Å². The second-order valence-electron chi connectivity index (χ2n) is 7.04. The van der Waals surface area contributed by atoms with Gasteiger partial charge < -0.3 is 9.80 Å². The molecule has 30 heavy (non-hydrogen) atoms. The van der Waals surface area contributed by atoms with Crippen LogP contribution in [0.2, 0.25) is 0 Å². The first-order valence-corrected chi connectivity index (χ1v) is 11.4. The number of hydrogen-bond acceptors (Lipinski definition) is 7. The maximum atomic E-state index is 12.6. The van der Waals surface area contributed by atoms with Gasteiger partial charge >= 0.3 is 0 Å². The summed E-state index contributed by atoms with van der Waals surface area (Å²) in [7, 11) is -3.67. The molecule has 9 heteroatoms. The van der Waals surface area contributed by atoms with Crippen molar-refractivity contribution >= 4 is 27.5 Å². The molecule has 0 unspecified atom stereocenters. The molecule has 0 bridgehead atoms. The Morgan fingerprint density at radius 1 is 0.900 bits per heavy atom. The zero-order valence-electron chi connectivity index (χ0n) is 16.8. The van der Waals surface area contributed by atoms with Crippen LogP contribution in [0.4, 0.5) is 17.5 Å². The quantitative estimate of drug-likeness (QED) is 0.650. The molecule has 1 fully saturated rings. The van der Waals surface area contributed by atoms with Crippen LogP contribution in [0.25, 0.3) is 0 Å². The first-order valence-electron chi connectivity index (χ1n) is 9.90. The number of aromatic nitrogens is 3. The number of nitrogens with one attached hydrogen (secondary N) is 1. The molecule has 1 aliphatic heterocycles. The highest BCUT2D eigenvalue weighted by Crippen LogP contribution is 2.19. The molecule has 8 nitrogen and oxygen atoms in total. The van der Waals surface area contributed by atoms with Crippen LogP contribution in [-0.2, 0) is 16.4 Å². The molecule has 156 valence electrons. The summed E-state index contributed by atoms with van der Waals surface area (Å²) in [6, 6.07) is 12.7. The van der Waals surface area contributed by atoms with E-state index in [1.807, 2.05) is 37.3 Å². The van der Waals surface area contributed by atoms with Crippen molar-refractivity contribution in [3.8, 4) is 0 Å². The van der Waals surface area contributed by atoms with Crippen LogP contribution in [0.1, 0.15) is 12.5 Å². The van der Waals surface area contributed by atoms with Gasteiger partial charge in [0, 0.05) is 32.4 Å². The third-order valence-electron chi connectivity index (χ3n) is 5.07. The number of piperazine rings is 1. The Hall–Kier alpha value is -3.20. The fraction of sp³-hybridized carbons (Fsp3) is 0.286. The summed E-state index contributed by atoms with van der Waals surface area (Å²) >= 11 is 0. The first kappa shape index (κ1) is 20.1. The van der Waals surface area contributed by atoms with E-state index in [0.717, 1.165) is 44.0 Å². The number of aryl methyl sites for hydroxylation is 1. The highest BCUT2D eigenvalue weighted by Gasteiger charge is 2.20. The lowest BCUT2D eigenvalue weighted by Gasteiger charge is -2.35. The molecule has 0 atom stereocenters. The minimum absolute atomic E-state index is 0.217. The van der Waals surface area contributed by atoms with Crippen LogP contribution in [0.5, 0.6) is 0 Å². The van der Waals surface area contributed by atoms with E-state index in [2.05, 4.69) is 29.5 Å². The van der Waals surface area contributed by atoms with Crippen LogP contribution in [0, 0.1) is 0 Å². The van der Waals surface area contributed by atoms with E-state index in [0.29, 0.717) is 11.6 Å². The molecule has 3 aromatic rings.